The third kappa shape index (κ3) is 21.3. The number of hydrogen-bond acceptors (Lipinski definition) is 10. The van der Waals surface area contributed by atoms with E-state index in [-0.39, 0.29) is 77.1 Å². The Kier molecular flexibility index (Phi) is 27.2. The second-order valence-electron chi connectivity index (χ2n) is 12.1. The molecular weight excluding hydrogens is 1020 g/mol. The number of phenols is 1. The molecule has 21 heteroatoms. The van der Waals surface area contributed by atoms with Crippen molar-refractivity contribution in [1.29, 1.82) is 0 Å². The second-order valence-corrected chi connectivity index (χ2v) is 13.4. The van der Waals surface area contributed by atoms with Crippen LogP contribution in [0.1, 0.15) is 27.3 Å². The van der Waals surface area contributed by atoms with Gasteiger partial charge in [0.1, 0.15) is 23.1 Å². The molecule has 0 spiro atoms. The van der Waals surface area contributed by atoms with Gasteiger partial charge in [0.05, 0.1) is 36.2 Å². The van der Waals surface area contributed by atoms with Crippen molar-refractivity contribution in [3.63, 3.8) is 0 Å². The average molecular weight is 1050 g/mol. The van der Waals surface area contributed by atoms with Crippen LogP contribution in [0.3, 0.4) is 0 Å². The minimum atomic E-state index is -1.16. The summed E-state index contributed by atoms with van der Waals surface area (Å²) >= 11 is 17.3. The molecule has 15 nitrogen and oxygen atoms in total. The van der Waals surface area contributed by atoms with Crippen LogP contribution in [0, 0.1) is 64.6 Å². The van der Waals surface area contributed by atoms with E-state index in [1.54, 1.807) is 62.4 Å². The van der Waals surface area contributed by atoms with Crippen LogP contribution in [0.2, 0.25) is 15.1 Å². The van der Waals surface area contributed by atoms with E-state index in [2.05, 4.69) is 20.6 Å². The number of halogens is 5. The van der Waals surface area contributed by atoms with Gasteiger partial charge in [0.2, 0.25) is 11.6 Å². The average Bonchev–Trinajstić information content (AvgIpc) is 3.23. The predicted octanol–water partition coefficient (Wildman–Crippen LogP) is 15.1. The maximum atomic E-state index is 12.4. The minimum absolute atomic E-state index is 0. The zero-order valence-corrected chi connectivity index (χ0v) is 38.7. The van der Waals surface area contributed by atoms with Crippen molar-refractivity contribution in [2.75, 3.05) is 13.2 Å². The molecule has 0 bridgehead atoms. The fourth-order valence-corrected chi connectivity index (χ4v) is 5.28. The Morgan fingerprint density at radius 1 is 0.716 bits per heavy atom. The first kappa shape index (κ1) is 60.1. The number of nitrogens with zero attached hydrogens (tertiary/aromatic N) is 5. The van der Waals surface area contributed by atoms with E-state index in [4.69, 9.17) is 78.6 Å². The summed E-state index contributed by atoms with van der Waals surface area (Å²) in [5, 5.41) is 31.0. The number of hydrogen-bond donors (Lipinski definition) is 1. The second kappa shape index (κ2) is 30.3. The van der Waals surface area contributed by atoms with Crippen molar-refractivity contribution < 1.29 is 80.2 Å². The largest absolute Gasteiger partial charge is 0.509 e. The van der Waals surface area contributed by atoms with Gasteiger partial charge in [-0.1, -0.05) is 61.8 Å². The SMILES string of the molecule is C.C.O=[N+]([O-])c1ccc(F)cc1F.[C-]#[N+]c1cc(Cl)cc(Oc2[c-]ccc(OCC(=O)OCC)c2)c1.[C-]#[N+]c1cc(Cl)cc(Oc2cc(C)ccc2[N+](=O)[O-])c1.[C-]#[N+]c1cc(O)cc(Cl)c1.[Y]. The van der Waals surface area contributed by atoms with Crippen LogP contribution < -0.4 is 14.2 Å². The van der Waals surface area contributed by atoms with Gasteiger partial charge < -0.3 is 24.1 Å². The molecule has 1 N–H and O–H groups in total. The maximum absolute atomic E-state index is 12.4. The molecule has 0 saturated carbocycles. The number of aromatic hydroxyl groups is 1. The molecular formula is C46H37Cl3F2N5O10Y-. The first-order valence-electron chi connectivity index (χ1n) is 17.7. The van der Waals surface area contributed by atoms with Crippen molar-refractivity contribution in [3.05, 3.63) is 202 Å². The first-order chi connectivity index (χ1) is 30.4. The molecule has 0 aliphatic carbocycles. The van der Waals surface area contributed by atoms with Crippen molar-refractivity contribution in [2.45, 2.75) is 28.7 Å². The molecule has 0 fully saturated rings. The van der Waals surface area contributed by atoms with Crippen molar-refractivity contribution in [1.82, 2.24) is 0 Å². The van der Waals surface area contributed by atoms with Gasteiger partial charge in [-0.25, -0.2) is 23.7 Å². The number of ether oxygens (including phenoxy) is 4. The van der Waals surface area contributed by atoms with Crippen LogP contribution in [0.5, 0.6) is 34.5 Å². The number of aryl methyl sites for hydroxylation is 1. The number of carbonyl (C=O) groups is 1. The molecule has 1 radical (unpaired) electrons. The van der Waals surface area contributed by atoms with Crippen LogP contribution in [0.25, 0.3) is 14.5 Å². The molecule has 345 valence electrons. The molecule has 0 saturated heterocycles. The Morgan fingerprint density at radius 2 is 1.24 bits per heavy atom. The Balaban J connectivity index is 0.000000900. The zero-order chi connectivity index (χ0) is 47.3. The van der Waals surface area contributed by atoms with Crippen LogP contribution in [0.15, 0.2) is 109 Å². The van der Waals surface area contributed by atoms with Gasteiger partial charge in [0, 0.05) is 77.5 Å². The van der Waals surface area contributed by atoms with E-state index in [0.29, 0.717) is 62.1 Å². The van der Waals surface area contributed by atoms with Gasteiger partial charge >= 0.3 is 17.3 Å². The maximum Gasteiger partial charge on any atom is 0.344 e. The summed E-state index contributed by atoms with van der Waals surface area (Å²) in [5.74, 6) is -0.752. The molecule has 0 aliphatic heterocycles. The smallest absolute Gasteiger partial charge is 0.344 e. The molecule has 6 aromatic carbocycles. The van der Waals surface area contributed by atoms with Crippen molar-refractivity contribution >= 4 is 69.2 Å². The van der Waals surface area contributed by atoms with Crippen LogP contribution >= 0.6 is 34.8 Å². The Labute approximate surface area is 425 Å². The van der Waals surface area contributed by atoms with E-state index < -0.39 is 33.1 Å². The molecule has 0 unspecified atom stereocenters. The molecule has 6 aromatic rings. The number of nitro benzene ring substituents is 2. The third-order valence-electron chi connectivity index (χ3n) is 7.25. The number of esters is 1. The Morgan fingerprint density at radius 3 is 1.75 bits per heavy atom. The van der Waals surface area contributed by atoms with Gasteiger partial charge in [-0.15, -0.1) is 12.1 Å². The Bertz CT molecular complexity index is 2770. The van der Waals surface area contributed by atoms with Crippen molar-refractivity contribution in [3.8, 4) is 34.5 Å². The fourth-order valence-electron chi connectivity index (χ4n) is 4.62. The number of nitro groups is 2. The molecule has 0 heterocycles. The summed E-state index contributed by atoms with van der Waals surface area (Å²) < 4.78 is 45.8. The van der Waals surface area contributed by atoms with Crippen LogP contribution in [0.4, 0.5) is 37.2 Å². The van der Waals surface area contributed by atoms with Crippen molar-refractivity contribution in [2.24, 2.45) is 0 Å². The summed E-state index contributed by atoms with van der Waals surface area (Å²) in [5.41, 5.74) is 1.01. The molecule has 6 rings (SSSR count). The van der Waals surface area contributed by atoms with Gasteiger partial charge in [-0.3, -0.25) is 20.2 Å². The summed E-state index contributed by atoms with van der Waals surface area (Å²) in [7, 11) is 0. The Hall–Kier alpha value is -6.91. The van der Waals surface area contributed by atoms with Gasteiger partial charge in [-0.2, -0.15) is 10.5 Å². The van der Waals surface area contributed by atoms with E-state index in [0.717, 1.165) is 17.7 Å². The molecule has 0 amide bonds. The monoisotopic (exact) mass is 1050 g/mol. The number of rotatable bonds is 10. The quantitative estimate of drug-likeness (QED) is 0.0602. The minimum Gasteiger partial charge on any atom is -0.509 e. The molecule has 0 aliphatic rings. The predicted molar refractivity (Wildman–Crippen MR) is 247 cm³/mol. The third-order valence-corrected chi connectivity index (χ3v) is 7.90. The number of phenolic OH excluding ortho intramolecular Hbond substituents is 1. The summed E-state index contributed by atoms with van der Waals surface area (Å²) in [6.45, 7) is 24.2. The normalized spacial score (nSPS) is 9.19. The summed E-state index contributed by atoms with van der Waals surface area (Å²) in [4.78, 5) is 40.5. The zero-order valence-electron chi connectivity index (χ0n) is 33.6. The standard InChI is InChI=1S/C17H13ClNO4.C14H9ClN2O3.C7H4ClNO.C6H3F2NO2.2CH4.Y/c1-3-21-17(20)11-22-14-5-4-6-15(10-14)23-16-8-12(18)7-13(9-16)19-2;1-9-3-4-13(17(18)19)14(5-9)20-12-7-10(15)6-11(8-12)16-2;1-9-6-2-5(8)3-7(10)4-6;7-4-1-2-6(9(10)11)5(8)3-4;;;/h4-5,7-10H,3,11H2,1H3;3-8H,1H3;2-4,10H;1-3H;2*1H4;/q-1;;;;;;. The van der Waals surface area contributed by atoms with Gasteiger partial charge in [0.15, 0.2) is 23.7 Å². The van der Waals surface area contributed by atoms with E-state index in [1.165, 1.54) is 42.5 Å². The van der Waals surface area contributed by atoms with E-state index in [1.807, 2.05) is 0 Å². The number of benzene rings is 6. The summed E-state index contributed by atoms with van der Waals surface area (Å²) in [6.07, 6.45) is 0. The number of carbonyl (C=O) groups excluding carboxylic acids is 1. The molecule has 0 atom stereocenters. The first-order valence-corrected chi connectivity index (χ1v) is 18.8. The van der Waals surface area contributed by atoms with E-state index >= 15 is 0 Å². The summed E-state index contributed by atoms with van der Waals surface area (Å²) in [6, 6.07) is 27.8. The van der Waals surface area contributed by atoms with Gasteiger partial charge in [-0.05, 0) is 86.1 Å². The topological polar surface area (TPSA) is 174 Å². The molecule has 0 aromatic heterocycles. The van der Waals surface area contributed by atoms with Crippen LogP contribution in [-0.2, 0) is 42.2 Å². The fraction of sp³-hybridized carbons (Fsp3) is 0.130. The van der Waals surface area contributed by atoms with E-state index in [9.17, 15) is 33.8 Å². The van der Waals surface area contributed by atoms with Crippen LogP contribution in [-0.4, -0.2) is 34.1 Å². The van der Waals surface area contributed by atoms with Gasteiger partial charge in [0.25, 0.3) is 0 Å². The molecule has 67 heavy (non-hydrogen) atoms.